The van der Waals surface area contributed by atoms with E-state index in [0.29, 0.717) is 11.9 Å². The summed E-state index contributed by atoms with van der Waals surface area (Å²) in [5.74, 6) is 0.391. The minimum Gasteiger partial charge on any atom is -0.339 e. The van der Waals surface area contributed by atoms with Crippen LogP contribution < -0.4 is 5.32 Å². The van der Waals surface area contributed by atoms with Crippen LogP contribution in [0.3, 0.4) is 0 Å². The molecule has 0 unspecified atom stereocenters. The van der Waals surface area contributed by atoms with Crippen LogP contribution in [0.1, 0.15) is 44.1 Å². The molecule has 0 radical (unpaired) electrons. The number of piperazine rings is 1. The summed E-state index contributed by atoms with van der Waals surface area (Å²) >= 11 is 0. The Labute approximate surface area is 151 Å². The van der Waals surface area contributed by atoms with Gasteiger partial charge in [0.15, 0.2) is 0 Å². The van der Waals surface area contributed by atoms with Gasteiger partial charge in [-0.3, -0.25) is 9.69 Å². The van der Waals surface area contributed by atoms with Crippen LogP contribution >= 0.6 is 0 Å². The zero-order valence-corrected chi connectivity index (χ0v) is 15.3. The van der Waals surface area contributed by atoms with Gasteiger partial charge in [0, 0.05) is 38.8 Å². The third-order valence-corrected chi connectivity index (χ3v) is 6.60. The van der Waals surface area contributed by atoms with Crippen LogP contribution in [0.2, 0.25) is 0 Å². The second-order valence-corrected chi connectivity index (χ2v) is 7.98. The van der Waals surface area contributed by atoms with E-state index in [1.807, 2.05) is 0 Å². The first kappa shape index (κ1) is 17.0. The normalized spacial score (nSPS) is 27.4. The molecule has 0 spiro atoms. The largest absolute Gasteiger partial charge is 0.339 e. The first-order chi connectivity index (χ1) is 12.3. The van der Waals surface area contributed by atoms with E-state index in [-0.39, 0.29) is 5.41 Å². The van der Waals surface area contributed by atoms with Gasteiger partial charge in [0.1, 0.15) is 0 Å². The van der Waals surface area contributed by atoms with E-state index in [0.717, 1.165) is 52.1 Å². The van der Waals surface area contributed by atoms with Crippen LogP contribution in [0, 0.1) is 0 Å². The van der Waals surface area contributed by atoms with Crippen molar-refractivity contribution in [2.75, 3.05) is 39.3 Å². The quantitative estimate of drug-likeness (QED) is 0.917. The Bertz CT molecular complexity index is 568. The molecule has 3 fully saturated rings. The molecule has 136 valence electrons. The highest BCUT2D eigenvalue weighted by atomic mass is 16.2. The highest BCUT2D eigenvalue weighted by Gasteiger charge is 2.44. The molecule has 2 heterocycles. The van der Waals surface area contributed by atoms with Crippen molar-refractivity contribution in [2.45, 2.75) is 50.0 Å². The number of rotatable bonds is 3. The number of nitrogens with one attached hydrogen (secondary N) is 1. The van der Waals surface area contributed by atoms with Crippen molar-refractivity contribution in [1.82, 2.24) is 15.1 Å². The van der Waals surface area contributed by atoms with Gasteiger partial charge in [0.05, 0.1) is 5.41 Å². The number of nitrogens with zero attached hydrogens (tertiary/aromatic N) is 2. The monoisotopic (exact) mass is 341 g/mol. The molecule has 2 aliphatic heterocycles. The van der Waals surface area contributed by atoms with Gasteiger partial charge in [-0.1, -0.05) is 49.6 Å². The Balaban J connectivity index is 1.48. The minimum absolute atomic E-state index is 0.267. The second kappa shape index (κ2) is 7.46. The van der Waals surface area contributed by atoms with Gasteiger partial charge in [-0.25, -0.2) is 0 Å². The molecule has 4 heteroatoms. The molecular weight excluding hydrogens is 310 g/mol. The average Bonchev–Trinajstić information content (AvgIpc) is 3.24. The number of benzene rings is 1. The van der Waals surface area contributed by atoms with Gasteiger partial charge >= 0.3 is 0 Å². The third kappa shape index (κ3) is 3.34. The Morgan fingerprint density at radius 2 is 1.72 bits per heavy atom. The molecule has 0 bridgehead atoms. The molecule has 1 N–H and O–H groups in total. The number of carbonyl (C=O) groups excluding carboxylic acids is 1. The van der Waals surface area contributed by atoms with Crippen LogP contribution in [0.4, 0.5) is 0 Å². The molecule has 3 aliphatic rings. The summed E-state index contributed by atoms with van der Waals surface area (Å²) in [7, 11) is 0. The lowest BCUT2D eigenvalue weighted by Gasteiger charge is -2.44. The lowest BCUT2D eigenvalue weighted by molar-refractivity contribution is -0.141. The van der Waals surface area contributed by atoms with E-state index in [1.165, 1.54) is 31.2 Å². The van der Waals surface area contributed by atoms with Gasteiger partial charge in [-0.15, -0.1) is 0 Å². The Morgan fingerprint density at radius 1 is 1.00 bits per heavy atom. The second-order valence-electron chi connectivity index (χ2n) is 7.98. The van der Waals surface area contributed by atoms with Crippen molar-refractivity contribution in [3.05, 3.63) is 35.9 Å². The Kier molecular flexibility index (Phi) is 5.09. The molecule has 1 aromatic rings. The summed E-state index contributed by atoms with van der Waals surface area (Å²) in [4.78, 5) is 18.3. The van der Waals surface area contributed by atoms with Crippen molar-refractivity contribution < 1.29 is 4.79 Å². The van der Waals surface area contributed by atoms with Crippen molar-refractivity contribution in [1.29, 1.82) is 0 Å². The average molecular weight is 341 g/mol. The molecule has 25 heavy (non-hydrogen) atoms. The van der Waals surface area contributed by atoms with Gasteiger partial charge in [-0.2, -0.15) is 0 Å². The minimum atomic E-state index is -0.267. The predicted molar refractivity (Wildman–Crippen MR) is 101 cm³/mol. The summed E-state index contributed by atoms with van der Waals surface area (Å²) in [6.45, 7) is 6.10. The molecule has 1 saturated carbocycles. The van der Waals surface area contributed by atoms with Gasteiger partial charge in [0.2, 0.25) is 5.91 Å². The van der Waals surface area contributed by atoms with Crippen molar-refractivity contribution in [3.63, 3.8) is 0 Å². The molecule has 1 amide bonds. The van der Waals surface area contributed by atoms with Crippen molar-refractivity contribution in [3.8, 4) is 0 Å². The van der Waals surface area contributed by atoms with Gasteiger partial charge in [-0.05, 0) is 31.4 Å². The maximum Gasteiger partial charge on any atom is 0.233 e. The standard InChI is InChI=1S/C21H31N3O/c25-20(24-15-13-23(14-16-24)19-9-12-22-17-19)21(10-5-2-6-11-21)18-7-3-1-4-8-18/h1,3-4,7-8,19,22H,2,5-6,9-17H2/t19-/m1/s1. The highest BCUT2D eigenvalue weighted by molar-refractivity contribution is 5.88. The lowest BCUT2D eigenvalue weighted by Crippen LogP contribution is -2.57. The van der Waals surface area contributed by atoms with E-state index in [4.69, 9.17) is 0 Å². The molecule has 0 aromatic heterocycles. The van der Waals surface area contributed by atoms with E-state index < -0.39 is 0 Å². The Hall–Kier alpha value is -1.39. The van der Waals surface area contributed by atoms with Crippen molar-refractivity contribution in [2.24, 2.45) is 0 Å². The maximum absolute atomic E-state index is 13.6. The molecule has 1 aliphatic carbocycles. The molecule has 2 saturated heterocycles. The Morgan fingerprint density at radius 3 is 2.36 bits per heavy atom. The fraction of sp³-hybridized carbons (Fsp3) is 0.667. The van der Waals surface area contributed by atoms with E-state index in [1.54, 1.807) is 0 Å². The highest BCUT2D eigenvalue weighted by Crippen LogP contribution is 2.41. The summed E-state index contributed by atoms with van der Waals surface area (Å²) in [5, 5.41) is 3.46. The van der Waals surface area contributed by atoms with Crippen LogP contribution in [0.25, 0.3) is 0 Å². The molecule has 1 aromatic carbocycles. The first-order valence-electron chi connectivity index (χ1n) is 10.1. The smallest absolute Gasteiger partial charge is 0.233 e. The summed E-state index contributed by atoms with van der Waals surface area (Å²) in [6.07, 6.45) is 6.90. The van der Waals surface area contributed by atoms with Gasteiger partial charge in [0.25, 0.3) is 0 Å². The summed E-state index contributed by atoms with van der Waals surface area (Å²) in [6, 6.07) is 11.2. The van der Waals surface area contributed by atoms with E-state index in [2.05, 4.69) is 45.4 Å². The number of hydrogen-bond acceptors (Lipinski definition) is 3. The van der Waals surface area contributed by atoms with E-state index in [9.17, 15) is 4.79 Å². The number of carbonyl (C=O) groups is 1. The van der Waals surface area contributed by atoms with Crippen LogP contribution in [-0.2, 0) is 10.2 Å². The topological polar surface area (TPSA) is 35.6 Å². The molecule has 4 nitrogen and oxygen atoms in total. The van der Waals surface area contributed by atoms with Gasteiger partial charge < -0.3 is 10.2 Å². The lowest BCUT2D eigenvalue weighted by atomic mass is 9.68. The first-order valence-corrected chi connectivity index (χ1v) is 10.1. The fourth-order valence-corrected chi connectivity index (χ4v) is 5.08. The third-order valence-electron chi connectivity index (χ3n) is 6.60. The molecule has 1 atom stereocenters. The summed E-state index contributed by atoms with van der Waals surface area (Å²) in [5.41, 5.74) is 0.971. The number of hydrogen-bond donors (Lipinski definition) is 1. The maximum atomic E-state index is 13.6. The van der Waals surface area contributed by atoms with E-state index >= 15 is 0 Å². The fourth-order valence-electron chi connectivity index (χ4n) is 5.08. The SMILES string of the molecule is O=C(N1CCN([C@@H]2CCNC2)CC1)C1(c2ccccc2)CCCCC1. The molecular formula is C21H31N3O. The predicted octanol–water partition coefficient (Wildman–Crippen LogP) is 2.39. The van der Waals surface area contributed by atoms with Crippen LogP contribution in [-0.4, -0.2) is 61.0 Å². The summed E-state index contributed by atoms with van der Waals surface area (Å²) < 4.78 is 0. The number of amides is 1. The van der Waals surface area contributed by atoms with Crippen LogP contribution in [0.5, 0.6) is 0 Å². The van der Waals surface area contributed by atoms with Crippen molar-refractivity contribution >= 4 is 5.91 Å². The zero-order valence-electron chi connectivity index (χ0n) is 15.3. The zero-order chi connectivity index (χ0) is 17.1. The van der Waals surface area contributed by atoms with Crippen LogP contribution in [0.15, 0.2) is 30.3 Å². The molecule has 4 rings (SSSR count).